The van der Waals surface area contributed by atoms with Gasteiger partial charge in [0.25, 0.3) is 0 Å². The van der Waals surface area contributed by atoms with Crippen molar-refractivity contribution in [3.05, 3.63) is 59.7 Å². The Balaban J connectivity index is 2.45. The highest BCUT2D eigenvalue weighted by Crippen LogP contribution is 2.52. The number of hydrogen-bond donors (Lipinski definition) is 0. The molecule has 0 spiro atoms. The van der Waals surface area contributed by atoms with Crippen LogP contribution in [0.25, 0.3) is 0 Å². The van der Waals surface area contributed by atoms with Crippen LogP contribution in [0.4, 0.5) is 0 Å². The fourth-order valence-corrected chi connectivity index (χ4v) is 4.92. The Bertz CT molecular complexity index is 508. The predicted octanol–water partition coefficient (Wildman–Crippen LogP) is 3.97. The summed E-state index contributed by atoms with van der Waals surface area (Å²) in [5.74, 6) is 0. The molecule has 0 aliphatic rings. The molecule has 2 aromatic rings. The summed E-state index contributed by atoms with van der Waals surface area (Å²) in [6.07, 6.45) is 0. The lowest BCUT2D eigenvalue weighted by molar-refractivity contribution is 0.597. The lowest BCUT2D eigenvalue weighted by atomic mass is 10.2. The van der Waals surface area contributed by atoms with Crippen molar-refractivity contribution >= 4 is 37.4 Å². The minimum Gasteiger partial charge on any atom is -0.303 e. The molecule has 0 aromatic heterocycles. The third-order valence-corrected chi connectivity index (χ3v) is 8.00. The summed E-state index contributed by atoms with van der Waals surface area (Å²) in [5, 5.41) is 1.82. The number of hydrogen-bond acceptors (Lipinski definition) is 1. The lowest BCUT2D eigenvalue weighted by Gasteiger charge is -2.12. The number of aryl methyl sites for hydroxylation is 2. The second kappa shape index (κ2) is 4.95. The second-order valence-corrected chi connectivity index (χ2v) is 10.4. The Morgan fingerprint density at radius 2 is 1.06 bits per heavy atom. The van der Waals surface area contributed by atoms with E-state index < -0.39 is 4.78 Å². The highest BCUT2D eigenvalue weighted by molar-refractivity contribution is 14.2. The summed E-state index contributed by atoms with van der Waals surface area (Å²) in [5.41, 5.74) is 2.38. The van der Waals surface area contributed by atoms with Gasteiger partial charge in [0.15, 0.2) is 4.78 Å². The summed E-state index contributed by atoms with van der Waals surface area (Å²) in [7, 11) is 0. The number of halogens is 1. The van der Waals surface area contributed by atoms with Gasteiger partial charge >= 0.3 is 0 Å². The fourth-order valence-electron chi connectivity index (χ4n) is 1.62. The van der Waals surface area contributed by atoms with Gasteiger partial charge in [-0.3, -0.25) is 0 Å². The molecular weight excluding hydrogens is 342 g/mol. The Morgan fingerprint density at radius 3 is 1.35 bits per heavy atom. The minimum absolute atomic E-state index is 0.910. The van der Waals surface area contributed by atoms with Crippen LogP contribution in [-0.2, 0) is 4.57 Å². The van der Waals surface area contributed by atoms with Gasteiger partial charge in [0.05, 0.1) is 0 Å². The zero-order valence-corrected chi connectivity index (χ0v) is 12.9. The van der Waals surface area contributed by atoms with E-state index in [4.69, 9.17) is 0 Å². The average molecular weight is 356 g/mol. The van der Waals surface area contributed by atoms with E-state index in [2.05, 4.69) is 22.0 Å². The van der Waals surface area contributed by atoms with Gasteiger partial charge in [0.2, 0.25) is 0 Å². The molecule has 0 fully saturated rings. The van der Waals surface area contributed by atoms with Crippen molar-refractivity contribution in [1.29, 1.82) is 0 Å². The van der Waals surface area contributed by atoms with Crippen molar-refractivity contribution < 1.29 is 4.57 Å². The maximum absolute atomic E-state index is 12.8. The van der Waals surface area contributed by atoms with Crippen LogP contribution in [0.5, 0.6) is 0 Å². The molecule has 0 bridgehead atoms. The van der Waals surface area contributed by atoms with Crippen molar-refractivity contribution in [3.8, 4) is 0 Å². The SMILES string of the molecule is Cc1ccc(P(=O)(I)c2ccc(C)cc2)cc1. The Labute approximate surface area is 115 Å². The average Bonchev–Trinajstić information content (AvgIpc) is 2.30. The van der Waals surface area contributed by atoms with Crippen LogP contribution in [0.1, 0.15) is 11.1 Å². The van der Waals surface area contributed by atoms with Gasteiger partial charge in [-0.25, -0.2) is 0 Å². The molecule has 88 valence electrons. The van der Waals surface area contributed by atoms with Crippen LogP contribution in [0.15, 0.2) is 48.5 Å². The third kappa shape index (κ3) is 2.80. The quantitative estimate of drug-likeness (QED) is 0.588. The van der Waals surface area contributed by atoms with Crippen molar-refractivity contribution in [2.24, 2.45) is 0 Å². The van der Waals surface area contributed by atoms with Crippen LogP contribution < -0.4 is 10.6 Å². The zero-order chi connectivity index (χ0) is 12.5. The van der Waals surface area contributed by atoms with Gasteiger partial charge in [0, 0.05) is 32.7 Å². The fraction of sp³-hybridized carbons (Fsp3) is 0.143. The number of rotatable bonds is 2. The Morgan fingerprint density at radius 1 is 0.765 bits per heavy atom. The van der Waals surface area contributed by atoms with Gasteiger partial charge in [-0.2, -0.15) is 0 Å². The van der Waals surface area contributed by atoms with Crippen LogP contribution >= 0.6 is 26.8 Å². The van der Waals surface area contributed by atoms with Crippen molar-refractivity contribution in [2.75, 3.05) is 0 Å². The van der Waals surface area contributed by atoms with Gasteiger partial charge in [-0.1, -0.05) is 59.7 Å². The molecule has 0 N–H and O–H groups in total. The zero-order valence-electron chi connectivity index (χ0n) is 9.85. The maximum atomic E-state index is 12.8. The molecule has 0 atom stereocenters. The maximum Gasteiger partial charge on any atom is 0.198 e. The molecule has 0 aliphatic heterocycles. The van der Waals surface area contributed by atoms with E-state index in [-0.39, 0.29) is 0 Å². The predicted molar refractivity (Wildman–Crippen MR) is 83.3 cm³/mol. The highest BCUT2D eigenvalue weighted by atomic mass is 127. The molecule has 0 radical (unpaired) electrons. The molecule has 0 unspecified atom stereocenters. The van der Waals surface area contributed by atoms with Gasteiger partial charge in [-0.15, -0.1) is 0 Å². The summed E-state index contributed by atoms with van der Waals surface area (Å²) in [6, 6.07) is 15.9. The molecule has 2 rings (SSSR count). The molecule has 2 aromatic carbocycles. The van der Waals surface area contributed by atoms with Crippen molar-refractivity contribution in [2.45, 2.75) is 13.8 Å². The minimum atomic E-state index is -2.47. The highest BCUT2D eigenvalue weighted by Gasteiger charge is 2.22. The molecule has 3 heteroatoms. The molecule has 0 saturated heterocycles. The van der Waals surface area contributed by atoms with E-state index in [1.165, 1.54) is 11.1 Å². The van der Waals surface area contributed by atoms with E-state index in [0.717, 1.165) is 10.6 Å². The summed E-state index contributed by atoms with van der Waals surface area (Å²) >= 11 is 2.09. The second-order valence-electron chi connectivity index (χ2n) is 4.20. The molecule has 0 amide bonds. The number of benzene rings is 2. The van der Waals surface area contributed by atoms with Crippen LogP contribution in [0, 0.1) is 13.8 Å². The summed E-state index contributed by atoms with van der Waals surface area (Å²) < 4.78 is 12.8. The van der Waals surface area contributed by atoms with E-state index in [1.807, 2.05) is 62.4 Å². The normalized spacial score (nSPS) is 11.5. The van der Waals surface area contributed by atoms with Gasteiger partial charge < -0.3 is 4.57 Å². The Hall–Kier alpha value is -0.600. The molecule has 0 heterocycles. The van der Waals surface area contributed by atoms with Crippen LogP contribution in [0.3, 0.4) is 0 Å². The van der Waals surface area contributed by atoms with Crippen molar-refractivity contribution in [1.82, 2.24) is 0 Å². The van der Waals surface area contributed by atoms with E-state index >= 15 is 0 Å². The largest absolute Gasteiger partial charge is 0.303 e. The van der Waals surface area contributed by atoms with E-state index in [9.17, 15) is 4.57 Å². The first-order chi connectivity index (χ1) is 8.00. The Kier molecular flexibility index (Phi) is 3.74. The van der Waals surface area contributed by atoms with Crippen LogP contribution in [-0.4, -0.2) is 0 Å². The summed E-state index contributed by atoms with van der Waals surface area (Å²) in [6.45, 7) is 4.07. The third-order valence-electron chi connectivity index (χ3n) is 2.73. The molecule has 17 heavy (non-hydrogen) atoms. The molecule has 0 saturated carbocycles. The first-order valence-electron chi connectivity index (χ1n) is 5.44. The molecule has 1 nitrogen and oxygen atoms in total. The monoisotopic (exact) mass is 356 g/mol. The first-order valence-corrected chi connectivity index (χ1v) is 9.93. The van der Waals surface area contributed by atoms with E-state index in [1.54, 1.807) is 0 Å². The lowest BCUT2D eigenvalue weighted by Crippen LogP contribution is -2.11. The molecular formula is C14H14IOP. The van der Waals surface area contributed by atoms with Crippen LogP contribution in [0.2, 0.25) is 0 Å². The van der Waals surface area contributed by atoms with Crippen molar-refractivity contribution in [3.63, 3.8) is 0 Å². The van der Waals surface area contributed by atoms with Gasteiger partial charge in [-0.05, 0) is 13.8 Å². The standard InChI is InChI=1S/C14H14IOP/c1-11-3-7-13(8-4-11)17(15,16)14-9-5-12(2)6-10-14/h3-10H,1-2H3. The summed E-state index contributed by atoms with van der Waals surface area (Å²) in [4.78, 5) is -2.47. The first kappa shape index (κ1) is 12.8. The van der Waals surface area contributed by atoms with E-state index in [0.29, 0.717) is 0 Å². The molecule has 0 aliphatic carbocycles. The smallest absolute Gasteiger partial charge is 0.198 e. The topological polar surface area (TPSA) is 17.1 Å². The van der Waals surface area contributed by atoms with Gasteiger partial charge in [0.1, 0.15) is 0 Å².